The molecule has 0 aliphatic carbocycles. The summed E-state index contributed by atoms with van der Waals surface area (Å²) in [4.78, 5) is 2.22. The molecule has 4 nitrogen and oxygen atoms in total. The highest BCUT2D eigenvalue weighted by atomic mass is 15.3. The molecule has 114 valence electrons. The molecule has 2 aromatic rings. The van der Waals surface area contributed by atoms with Crippen molar-refractivity contribution in [2.24, 2.45) is 7.05 Å². The predicted octanol–water partition coefficient (Wildman–Crippen LogP) is 2.68. The lowest BCUT2D eigenvalue weighted by molar-refractivity contribution is 0.325. The first-order valence-corrected chi connectivity index (χ1v) is 7.43. The van der Waals surface area contributed by atoms with E-state index >= 15 is 0 Å². The Labute approximate surface area is 127 Å². The molecule has 0 spiro atoms. The van der Waals surface area contributed by atoms with Gasteiger partial charge in [-0.15, -0.1) is 0 Å². The van der Waals surface area contributed by atoms with Crippen LogP contribution in [0.1, 0.15) is 35.8 Å². The molecule has 2 rings (SSSR count). The summed E-state index contributed by atoms with van der Waals surface area (Å²) in [7, 11) is 6.19. The minimum atomic E-state index is 0.267. The molecule has 0 saturated heterocycles. The molecule has 0 aliphatic heterocycles. The molecule has 1 aromatic heterocycles. The Bertz CT molecular complexity index is 559. The van der Waals surface area contributed by atoms with Crippen molar-refractivity contribution >= 4 is 0 Å². The summed E-state index contributed by atoms with van der Waals surface area (Å²) >= 11 is 0. The fourth-order valence-corrected chi connectivity index (χ4v) is 2.74. The third kappa shape index (κ3) is 4.16. The number of nitrogens with zero attached hydrogens (tertiary/aromatic N) is 3. The van der Waals surface area contributed by atoms with Crippen molar-refractivity contribution in [2.75, 3.05) is 20.6 Å². The molecule has 0 saturated carbocycles. The highest BCUT2D eigenvalue weighted by molar-refractivity contribution is 5.23. The van der Waals surface area contributed by atoms with E-state index in [4.69, 9.17) is 0 Å². The summed E-state index contributed by atoms with van der Waals surface area (Å²) in [5.41, 5.74) is 3.67. The van der Waals surface area contributed by atoms with Gasteiger partial charge in [-0.3, -0.25) is 4.68 Å². The van der Waals surface area contributed by atoms with Gasteiger partial charge < -0.3 is 10.2 Å². The second-order valence-electron chi connectivity index (χ2n) is 5.96. The van der Waals surface area contributed by atoms with Crippen LogP contribution in [0.25, 0.3) is 0 Å². The molecular formula is C17H26N4. The third-order valence-corrected chi connectivity index (χ3v) is 3.72. The van der Waals surface area contributed by atoms with Gasteiger partial charge in [0.1, 0.15) is 0 Å². The van der Waals surface area contributed by atoms with Gasteiger partial charge in [0, 0.05) is 37.4 Å². The van der Waals surface area contributed by atoms with E-state index < -0.39 is 0 Å². The number of rotatable bonds is 6. The number of nitrogens with one attached hydrogen (secondary N) is 1. The normalized spacial score (nSPS) is 14.4. The van der Waals surface area contributed by atoms with Crippen molar-refractivity contribution in [1.82, 2.24) is 20.0 Å². The van der Waals surface area contributed by atoms with Crippen molar-refractivity contribution in [2.45, 2.75) is 25.9 Å². The van der Waals surface area contributed by atoms with Crippen molar-refractivity contribution in [3.8, 4) is 0 Å². The van der Waals surface area contributed by atoms with Crippen molar-refractivity contribution in [3.63, 3.8) is 0 Å². The average molecular weight is 286 g/mol. The van der Waals surface area contributed by atoms with Gasteiger partial charge in [-0.25, -0.2) is 0 Å². The maximum absolute atomic E-state index is 4.44. The summed E-state index contributed by atoms with van der Waals surface area (Å²) < 4.78 is 1.88. The van der Waals surface area contributed by atoms with E-state index in [0.717, 1.165) is 12.2 Å². The van der Waals surface area contributed by atoms with E-state index in [0.29, 0.717) is 6.04 Å². The van der Waals surface area contributed by atoms with Gasteiger partial charge in [0.05, 0.1) is 5.69 Å². The van der Waals surface area contributed by atoms with Crippen LogP contribution in [0.4, 0.5) is 0 Å². The molecule has 2 atom stereocenters. The zero-order chi connectivity index (χ0) is 15.4. The summed E-state index contributed by atoms with van der Waals surface area (Å²) in [6, 6.07) is 11.2. The number of benzene rings is 1. The maximum Gasteiger partial charge on any atom is 0.0641 e. The summed E-state index contributed by atoms with van der Waals surface area (Å²) in [5.74, 6) is 0. The quantitative estimate of drug-likeness (QED) is 0.886. The highest BCUT2D eigenvalue weighted by Gasteiger charge is 2.18. The Morgan fingerprint density at radius 1 is 1.24 bits per heavy atom. The Kier molecular flexibility index (Phi) is 5.15. The van der Waals surface area contributed by atoms with Crippen LogP contribution in [-0.4, -0.2) is 35.3 Å². The molecule has 1 aromatic carbocycles. The topological polar surface area (TPSA) is 33.1 Å². The molecule has 1 N–H and O–H groups in total. The fourth-order valence-electron chi connectivity index (χ4n) is 2.74. The zero-order valence-electron chi connectivity index (χ0n) is 13.7. The number of hydrogen-bond acceptors (Lipinski definition) is 3. The molecule has 0 bridgehead atoms. The van der Waals surface area contributed by atoms with Gasteiger partial charge in [0.25, 0.3) is 0 Å². The fraction of sp³-hybridized carbons (Fsp3) is 0.471. The van der Waals surface area contributed by atoms with Gasteiger partial charge in [-0.1, -0.05) is 30.3 Å². The van der Waals surface area contributed by atoms with E-state index in [1.807, 2.05) is 11.7 Å². The number of hydrogen-bond donors (Lipinski definition) is 1. The lowest BCUT2D eigenvalue weighted by atomic mass is 10.0. The van der Waals surface area contributed by atoms with Gasteiger partial charge in [-0.2, -0.15) is 5.10 Å². The Morgan fingerprint density at radius 3 is 2.43 bits per heavy atom. The number of likely N-dealkylation sites (N-methyl/N-ethyl adjacent to an activating group) is 1. The Morgan fingerprint density at radius 2 is 1.90 bits per heavy atom. The lowest BCUT2D eigenvalue weighted by Crippen LogP contribution is -2.33. The predicted molar refractivity (Wildman–Crippen MR) is 87.2 cm³/mol. The SMILES string of the molecule is Cc1nn(C)cc1C(C)NC(CN(C)C)c1ccccc1. The van der Waals surface area contributed by atoms with Crippen LogP contribution in [0.15, 0.2) is 36.5 Å². The average Bonchev–Trinajstić information content (AvgIpc) is 2.77. The smallest absolute Gasteiger partial charge is 0.0641 e. The van der Waals surface area contributed by atoms with Crippen LogP contribution in [0.5, 0.6) is 0 Å². The second-order valence-corrected chi connectivity index (χ2v) is 5.96. The molecule has 0 fully saturated rings. The van der Waals surface area contributed by atoms with Crippen LogP contribution in [0.3, 0.4) is 0 Å². The maximum atomic E-state index is 4.44. The number of aryl methyl sites for hydroxylation is 2. The van der Waals surface area contributed by atoms with Gasteiger partial charge in [0.2, 0.25) is 0 Å². The van der Waals surface area contributed by atoms with Crippen molar-refractivity contribution in [1.29, 1.82) is 0 Å². The van der Waals surface area contributed by atoms with Gasteiger partial charge in [-0.05, 0) is 33.5 Å². The minimum absolute atomic E-state index is 0.267. The molecular weight excluding hydrogens is 260 g/mol. The van der Waals surface area contributed by atoms with E-state index in [9.17, 15) is 0 Å². The van der Waals surface area contributed by atoms with Crippen LogP contribution in [-0.2, 0) is 7.05 Å². The molecule has 21 heavy (non-hydrogen) atoms. The van der Waals surface area contributed by atoms with E-state index in [1.54, 1.807) is 0 Å². The number of aromatic nitrogens is 2. The summed E-state index contributed by atoms with van der Waals surface area (Å²) in [6.45, 7) is 5.24. The Balaban J connectivity index is 2.17. The van der Waals surface area contributed by atoms with Crippen molar-refractivity contribution < 1.29 is 0 Å². The molecule has 0 aliphatic rings. The molecule has 0 amide bonds. The first kappa shape index (κ1) is 15.7. The van der Waals surface area contributed by atoms with Crippen molar-refractivity contribution in [3.05, 3.63) is 53.3 Å². The van der Waals surface area contributed by atoms with E-state index in [1.165, 1.54) is 11.1 Å². The Hall–Kier alpha value is -1.65. The van der Waals surface area contributed by atoms with E-state index in [2.05, 4.69) is 79.8 Å². The highest BCUT2D eigenvalue weighted by Crippen LogP contribution is 2.21. The van der Waals surface area contributed by atoms with E-state index in [-0.39, 0.29) is 6.04 Å². The molecule has 2 unspecified atom stereocenters. The zero-order valence-corrected chi connectivity index (χ0v) is 13.7. The molecule has 4 heteroatoms. The first-order chi connectivity index (χ1) is 9.97. The second kappa shape index (κ2) is 6.87. The molecule has 1 heterocycles. The lowest BCUT2D eigenvalue weighted by Gasteiger charge is -2.26. The van der Waals surface area contributed by atoms with Gasteiger partial charge in [0.15, 0.2) is 0 Å². The van der Waals surface area contributed by atoms with Crippen LogP contribution < -0.4 is 5.32 Å². The first-order valence-electron chi connectivity index (χ1n) is 7.43. The third-order valence-electron chi connectivity index (χ3n) is 3.72. The monoisotopic (exact) mass is 286 g/mol. The summed E-state index contributed by atoms with van der Waals surface area (Å²) in [5, 5.41) is 8.18. The minimum Gasteiger partial charge on any atom is -0.308 e. The largest absolute Gasteiger partial charge is 0.308 e. The molecule has 0 radical (unpaired) electrons. The van der Waals surface area contributed by atoms with Crippen LogP contribution in [0.2, 0.25) is 0 Å². The van der Waals surface area contributed by atoms with Gasteiger partial charge >= 0.3 is 0 Å². The standard InChI is InChI=1S/C17H26N4/c1-13(16-11-21(5)19-14(16)2)18-17(12-20(3)4)15-9-7-6-8-10-15/h6-11,13,17-18H,12H2,1-5H3. The van der Waals surface area contributed by atoms with Crippen LogP contribution >= 0.6 is 0 Å². The summed E-state index contributed by atoms with van der Waals surface area (Å²) in [6.07, 6.45) is 2.10. The van der Waals surface area contributed by atoms with Crippen LogP contribution in [0, 0.1) is 6.92 Å².